The van der Waals surface area contributed by atoms with Crippen LogP contribution in [0.15, 0.2) is 18.5 Å². The zero-order valence-corrected chi connectivity index (χ0v) is 9.31. The molecule has 0 saturated carbocycles. The lowest BCUT2D eigenvalue weighted by Crippen LogP contribution is -2.20. The predicted molar refractivity (Wildman–Crippen MR) is 56.9 cm³/mol. The van der Waals surface area contributed by atoms with Gasteiger partial charge in [-0.2, -0.15) is 5.10 Å². The zero-order valence-electron chi connectivity index (χ0n) is 8.50. The van der Waals surface area contributed by atoms with Crippen molar-refractivity contribution in [1.82, 2.24) is 9.78 Å². The molecule has 6 heteroatoms. The lowest BCUT2D eigenvalue weighted by molar-refractivity contribution is -0.140. The van der Waals surface area contributed by atoms with E-state index in [4.69, 9.17) is 5.11 Å². The standard InChI is InChI=1S/C9H14N2O3S/c1-8(9(12)13)7-15(14)6-5-11-4-2-3-10-11/h2-4,8H,5-7H2,1H3,(H,12,13). The van der Waals surface area contributed by atoms with E-state index in [0.717, 1.165) is 0 Å². The van der Waals surface area contributed by atoms with E-state index in [1.807, 2.05) is 0 Å². The van der Waals surface area contributed by atoms with Crippen molar-refractivity contribution < 1.29 is 14.1 Å². The Morgan fingerprint density at radius 3 is 2.93 bits per heavy atom. The minimum atomic E-state index is -1.10. The number of rotatable bonds is 6. The molecule has 0 radical (unpaired) electrons. The lowest BCUT2D eigenvalue weighted by Gasteiger charge is -2.06. The summed E-state index contributed by atoms with van der Waals surface area (Å²) < 4.78 is 13.1. The Morgan fingerprint density at radius 1 is 1.67 bits per heavy atom. The summed E-state index contributed by atoms with van der Waals surface area (Å²) >= 11 is 0. The van der Waals surface area contributed by atoms with Gasteiger partial charge in [-0.15, -0.1) is 0 Å². The molecule has 15 heavy (non-hydrogen) atoms. The largest absolute Gasteiger partial charge is 0.481 e. The van der Waals surface area contributed by atoms with Gasteiger partial charge in [0.15, 0.2) is 0 Å². The minimum absolute atomic E-state index is 0.205. The van der Waals surface area contributed by atoms with Crippen LogP contribution in [0.25, 0.3) is 0 Å². The number of carboxylic acid groups (broad SMARTS) is 1. The molecule has 0 aromatic carbocycles. The van der Waals surface area contributed by atoms with Gasteiger partial charge in [0.25, 0.3) is 0 Å². The molecule has 0 aliphatic heterocycles. The molecule has 84 valence electrons. The molecule has 0 aliphatic rings. The highest BCUT2D eigenvalue weighted by Crippen LogP contribution is 1.99. The van der Waals surface area contributed by atoms with Crippen LogP contribution in [0.1, 0.15) is 6.92 Å². The summed E-state index contributed by atoms with van der Waals surface area (Å²) in [4.78, 5) is 10.5. The van der Waals surface area contributed by atoms with E-state index in [0.29, 0.717) is 12.3 Å². The molecule has 1 heterocycles. The van der Waals surface area contributed by atoms with Crippen LogP contribution in [0.2, 0.25) is 0 Å². The van der Waals surface area contributed by atoms with Crippen molar-refractivity contribution in [3.05, 3.63) is 18.5 Å². The van der Waals surface area contributed by atoms with Gasteiger partial charge in [-0.1, -0.05) is 6.92 Å². The molecule has 0 saturated heterocycles. The maximum absolute atomic E-state index is 11.5. The van der Waals surface area contributed by atoms with Crippen molar-refractivity contribution >= 4 is 16.8 Å². The quantitative estimate of drug-likeness (QED) is 0.765. The molecule has 5 nitrogen and oxygen atoms in total. The van der Waals surface area contributed by atoms with E-state index < -0.39 is 22.7 Å². The highest BCUT2D eigenvalue weighted by molar-refractivity contribution is 7.85. The van der Waals surface area contributed by atoms with E-state index in [2.05, 4.69) is 5.10 Å². The molecule has 0 aliphatic carbocycles. The molecule has 0 amide bonds. The third kappa shape index (κ3) is 4.24. The fourth-order valence-corrected chi connectivity index (χ4v) is 2.32. The number of carbonyl (C=O) groups is 1. The van der Waals surface area contributed by atoms with Gasteiger partial charge in [0.1, 0.15) is 0 Å². The van der Waals surface area contributed by atoms with E-state index in [-0.39, 0.29) is 5.75 Å². The number of carboxylic acids is 1. The molecular formula is C9H14N2O3S. The van der Waals surface area contributed by atoms with Crippen LogP contribution in [-0.2, 0) is 22.1 Å². The average Bonchev–Trinajstić information content (AvgIpc) is 2.66. The Morgan fingerprint density at radius 2 is 2.40 bits per heavy atom. The van der Waals surface area contributed by atoms with Crippen molar-refractivity contribution in [3.8, 4) is 0 Å². The first kappa shape index (κ1) is 11.9. The van der Waals surface area contributed by atoms with Gasteiger partial charge in [0.05, 0.1) is 12.5 Å². The van der Waals surface area contributed by atoms with Crippen LogP contribution in [0.5, 0.6) is 0 Å². The molecular weight excluding hydrogens is 216 g/mol. The molecule has 0 bridgehead atoms. The normalized spacial score (nSPS) is 14.7. The Labute approximate surface area is 90.6 Å². The molecule has 1 aromatic heterocycles. The topological polar surface area (TPSA) is 72.2 Å². The molecule has 0 spiro atoms. The van der Waals surface area contributed by atoms with Crippen LogP contribution >= 0.6 is 0 Å². The van der Waals surface area contributed by atoms with Crippen LogP contribution in [0.4, 0.5) is 0 Å². The van der Waals surface area contributed by atoms with Crippen LogP contribution in [-0.4, -0.2) is 36.6 Å². The second-order valence-corrected chi connectivity index (χ2v) is 4.94. The average molecular weight is 230 g/mol. The van der Waals surface area contributed by atoms with Gasteiger partial charge >= 0.3 is 5.97 Å². The van der Waals surface area contributed by atoms with E-state index >= 15 is 0 Å². The van der Waals surface area contributed by atoms with Gasteiger partial charge in [0, 0.05) is 34.7 Å². The second kappa shape index (κ2) is 5.65. The number of aryl methyl sites for hydroxylation is 1. The van der Waals surface area contributed by atoms with E-state index in [9.17, 15) is 9.00 Å². The molecule has 1 N–H and O–H groups in total. The third-order valence-corrected chi connectivity index (χ3v) is 3.47. The summed E-state index contributed by atoms with van der Waals surface area (Å²) in [7, 11) is -1.10. The van der Waals surface area contributed by atoms with Gasteiger partial charge in [-0.25, -0.2) is 0 Å². The number of hydrogen-bond donors (Lipinski definition) is 1. The Balaban J connectivity index is 2.28. The maximum Gasteiger partial charge on any atom is 0.307 e. The number of hydrogen-bond acceptors (Lipinski definition) is 3. The Kier molecular flexibility index (Phi) is 4.48. The lowest BCUT2D eigenvalue weighted by atomic mass is 10.2. The van der Waals surface area contributed by atoms with Gasteiger partial charge < -0.3 is 5.11 Å². The van der Waals surface area contributed by atoms with Gasteiger partial charge in [-0.3, -0.25) is 13.7 Å². The third-order valence-electron chi connectivity index (χ3n) is 1.96. The molecule has 1 rings (SSSR count). The predicted octanol–water partition coefficient (Wildman–Crippen LogP) is 0.353. The van der Waals surface area contributed by atoms with E-state index in [1.54, 1.807) is 30.1 Å². The first-order chi connectivity index (χ1) is 7.09. The summed E-state index contributed by atoms with van der Waals surface area (Å²) in [5.74, 6) is -0.804. The van der Waals surface area contributed by atoms with Crippen molar-refractivity contribution in [2.75, 3.05) is 11.5 Å². The zero-order chi connectivity index (χ0) is 11.3. The molecule has 2 atom stereocenters. The molecule has 1 aromatic rings. The summed E-state index contributed by atoms with van der Waals surface area (Å²) in [5, 5.41) is 12.6. The second-order valence-electron chi connectivity index (χ2n) is 3.32. The highest BCUT2D eigenvalue weighted by atomic mass is 32.2. The van der Waals surface area contributed by atoms with Crippen molar-refractivity contribution in [2.24, 2.45) is 5.92 Å². The molecule has 0 fully saturated rings. The van der Waals surface area contributed by atoms with Gasteiger partial charge in [-0.05, 0) is 6.07 Å². The van der Waals surface area contributed by atoms with Crippen LogP contribution in [0, 0.1) is 5.92 Å². The SMILES string of the molecule is CC(CS(=O)CCn1cccn1)C(=O)O. The van der Waals surface area contributed by atoms with Gasteiger partial charge in [0.2, 0.25) is 0 Å². The van der Waals surface area contributed by atoms with E-state index in [1.165, 1.54) is 0 Å². The maximum atomic E-state index is 11.5. The highest BCUT2D eigenvalue weighted by Gasteiger charge is 2.14. The smallest absolute Gasteiger partial charge is 0.307 e. The number of aromatic nitrogens is 2. The van der Waals surface area contributed by atoms with Crippen molar-refractivity contribution in [3.63, 3.8) is 0 Å². The number of nitrogens with zero attached hydrogens (tertiary/aromatic N) is 2. The summed E-state index contributed by atoms with van der Waals surface area (Å²) in [6.07, 6.45) is 3.45. The summed E-state index contributed by atoms with van der Waals surface area (Å²) in [6.45, 7) is 2.13. The first-order valence-electron chi connectivity index (χ1n) is 4.65. The fraction of sp³-hybridized carbons (Fsp3) is 0.556. The fourth-order valence-electron chi connectivity index (χ4n) is 1.06. The number of aliphatic carboxylic acids is 1. The molecule has 2 unspecified atom stereocenters. The monoisotopic (exact) mass is 230 g/mol. The Bertz CT molecular complexity index is 337. The summed E-state index contributed by atoms with van der Waals surface area (Å²) in [5.41, 5.74) is 0. The first-order valence-corrected chi connectivity index (χ1v) is 6.13. The van der Waals surface area contributed by atoms with Crippen LogP contribution < -0.4 is 0 Å². The summed E-state index contributed by atoms with van der Waals surface area (Å²) in [6, 6.07) is 1.79. The minimum Gasteiger partial charge on any atom is -0.481 e. The Hall–Kier alpha value is -1.17. The van der Waals surface area contributed by atoms with Crippen molar-refractivity contribution in [2.45, 2.75) is 13.5 Å². The van der Waals surface area contributed by atoms with Crippen LogP contribution in [0.3, 0.4) is 0 Å². The van der Waals surface area contributed by atoms with Crippen molar-refractivity contribution in [1.29, 1.82) is 0 Å².